The number of nitrogens with zero attached hydrogens (tertiary/aromatic N) is 2. The van der Waals surface area contributed by atoms with Crippen LogP contribution < -0.4 is 10.1 Å². The van der Waals surface area contributed by atoms with Crippen LogP contribution in [0.1, 0.15) is 30.7 Å². The molecule has 5 nitrogen and oxygen atoms in total. The van der Waals surface area contributed by atoms with Crippen molar-refractivity contribution in [2.75, 3.05) is 19.7 Å². The van der Waals surface area contributed by atoms with Crippen LogP contribution >= 0.6 is 0 Å². The first-order valence-electron chi connectivity index (χ1n) is 6.98. The van der Waals surface area contributed by atoms with Crippen molar-refractivity contribution in [3.63, 3.8) is 0 Å². The fourth-order valence-corrected chi connectivity index (χ4v) is 2.86. The maximum Gasteiger partial charge on any atom is 0.232 e. The number of rotatable bonds is 2. The van der Waals surface area contributed by atoms with Gasteiger partial charge in [0.05, 0.1) is 29.8 Å². The molecule has 1 N–H and O–H groups in total. The molecule has 1 unspecified atom stereocenters. The molecule has 104 valence electrons. The Morgan fingerprint density at radius 1 is 1.32 bits per heavy atom. The molecule has 2 aliphatic rings. The molecule has 2 fully saturated rings. The van der Waals surface area contributed by atoms with Gasteiger partial charge in [0, 0.05) is 6.42 Å². The lowest BCUT2D eigenvalue weighted by Crippen LogP contribution is -2.41. The predicted octanol–water partition coefficient (Wildman–Crippen LogP) is 1.38. The van der Waals surface area contributed by atoms with E-state index in [2.05, 4.69) is 15.3 Å². The molecule has 2 aliphatic heterocycles. The first-order valence-corrected chi connectivity index (χ1v) is 6.98. The van der Waals surface area contributed by atoms with Crippen molar-refractivity contribution in [1.29, 1.82) is 0 Å². The highest BCUT2D eigenvalue weighted by Crippen LogP contribution is 2.35. The SMILES string of the molecule is Cc1ncc(OC2COC3(CCNCC3)C2)nc1C. The van der Waals surface area contributed by atoms with Gasteiger partial charge < -0.3 is 14.8 Å². The minimum atomic E-state index is 0.0308. The lowest BCUT2D eigenvalue weighted by molar-refractivity contribution is -0.0205. The van der Waals surface area contributed by atoms with Crippen LogP contribution in [0.5, 0.6) is 5.88 Å². The highest BCUT2D eigenvalue weighted by atomic mass is 16.6. The maximum absolute atomic E-state index is 6.01. The third-order valence-corrected chi connectivity index (χ3v) is 4.15. The number of piperidine rings is 1. The van der Waals surface area contributed by atoms with E-state index in [1.165, 1.54) is 0 Å². The molecule has 1 aromatic rings. The van der Waals surface area contributed by atoms with Crippen LogP contribution in [0.3, 0.4) is 0 Å². The summed E-state index contributed by atoms with van der Waals surface area (Å²) < 4.78 is 11.9. The molecule has 0 bridgehead atoms. The number of nitrogens with one attached hydrogen (secondary N) is 1. The summed E-state index contributed by atoms with van der Waals surface area (Å²) in [6.45, 7) is 6.64. The summed E-state index contributed by atoms with van der Waals surface area (Å²) >= 11 is 0. The second kappa shape index (κ2) is 5.06. The quantitative estimate of drug-likeness (QED) is 0.873. The van der Waals surface area contributed by atoms with E-state index in [1.807, 2.05) is 13.8 Å². The van der Waals surface area contributed by atoms with Gasteiger partial charge >= 0.3 is 0 Å². The molecular formula is C14H21N3O2. The molecule has 0 radical (unpaired) electrons. The Labute approximate surface area is 113 Å². The lowest BCUT2D eigenvalue weighted by atomic mass is 9.89. The van der Waals surface area contributed by atoms with Crippen LogP contribution in [-0.2, 0) is 4.74 Å². The first kappa shape index (κ1) is 12.8. The Morgan fingerprint density at radius 2 is 2.11 bits per heavy atom. The fraction of sp³-hybridized carbons (Fsp3) is 0.714. The van der Waals surface area contributed by atoms with Crippen LogP contribution in [0.25, 0.3) is 0 Å². The Balaban J connectivity index is 1.63. The largest absolute Gasteiger partial charge is 0.471 e. The second-order valence-corrected chi connectivity index (χ2v) is 5.57. The Morgan fingerprint density at radius 3 is 2.84 bits per heavy atom. The van der Waals surface area contributed by atoms with Gasteiger partial charge in [0.1, 0.15) is 6.10 Å². The van der Waals surface area contributed by atoms with Gasteiger partial charge in [-0.25, -0.2) is 4.98 Å². The Kier molecular flexibility index (Phi) is 3.41. The average molecular weight is 263 g/mol. The van der Waals surface area contributed by atoms with Crippen LogP contribution in [0.2, 0.25) is 0 Å². The van der Waals surface area contributed by atoms with Gasteiger partial charge in [-0.05, 0) is 39.8 Å². The van der Waals surface area contributed by atoms with E-state index in [4.69, 9.17) is 9.47 Å². The molecule has 19 heavy (non-hydrogen) atoms. The molecule has 2 saturated heterocycles. The molecule has 1 spiro atoms. The number of ether oxygens (including phenoxy) is 2. The van der Waals surface area contributed by atoms with E-state index in [9.17, 15) is 0 Å². The van der Waals surface area contributed by atoms with E-state index in [0.29, 0.717) is 12.5 Å². The minimum Gasteiger partial charge on any atom is -0.471 e. The van der Waals surface area contributed by atoms with E-state index >= 15 is 0 Å². The van der Waals surface area contributed by atoms with E-state index in [-0.39, 0.29) is 11.7 Å². The summed E-state index contributed by atoms with van der Waals surface area (Å²) in [6.07, 6.45) is 4.92. The molecule has 0 amide bonds. The molecule has 3 heterocycles. The number of aryl methyl sites for hydroxylation is 2. The molecule has 1 aromatic heterocycles. The second-order valence-electron chi connectivity index (χ2n) is 5.57. The monoisotopic (exact) mass is 263 g/mol. The molecule has 0 aliphatic carbocycles. The summed E-state index contributed by atoms with van der Waals surface area (Å²) in [5.41, 5.74) is 1.90. The number of hydrogen-bond donors (Lipinski definition) is 1. The van der Waals surface area contributed by atoms with Gasteiger partial charge in [-0.15, -0.1) is 0 Å². The fourth-order valence-electron chi connectivity index (χ4n) is 2.86. The van der Waals surface area contributed by atoms with E-state index in [1.54, 1.807) is 6.20 Å². The molecule has 0 aromatic carbocycles. The number of aromatic nitrogens is 2. The molecule has 3 rings (SSSR count). The summed E-state index contributed by atoms with van der Waals surface area (Å²) in [7, 11) is 0. The summed E-state index contributed by atoms with van der Waals surface area (Å²) in [6, 6.07) is 0. The topological polar surface area (TPSA) is 56.3 Å². The zero-order valence-corrected chi connectivity index (χ0v) is 11.6. The molecule has 5 heteroatoms. The van der Waals surface area contributed by atoms with E-state index < -0.39 is 0 Å². The van der Waals surface area contributed by atoms with Gasteiger partial charge in [0.2, 0.25) is 5.88 Å². The van der Waals surface area contributed by atoms with Gasteiger partial charge in [-0.2, -0.15) is 0 Å². The molecule has 1 atom stereocenters. The van der Waals surface area contributed by atoms with Crippen LogP contribution in [0, 0.1) is 13.8 Å². The first-order chi connectivity index (χ1) is 9.17. The highest BCUT2D eigenvalue weighted by Gasteiger charge is 2.42. The average Bonchev–Trinajstić information content (AvgIpc) is 2.78. The third kappa shape index (κ3) is 2.72. The smallest absolute Gasteiger partial charge is 0.232 e. The Bertz CT molecular complexity index is 458. The lowest BCUT2D eigenvalue weighted by Gasteiger charge is -2.32. The highest BCUT2D eigenvalue weighted by molar-refractivity contribution is 5.14. The van der Waals surface area contributed by atoms with Crippen LogP contribution in [0.15, 0.2) is 6.20 Å². The normalized spacial score (nSPS) is 25.7. The van der Waals surface area contributed by atoms with Crippen molar-refractivity contribution in [3.05, 3.63) is 17.6 Å². The van der Waals surface area contributed by atoms with Gasteiger partial charge in [-0.3, -0.25) is 4.98 Å². The Hall–Kier alpha value is -1.20. The van der Waals surface area contributed by atoms with Crippen molar-refractivity contribution >= 4 is 0 Å². The summed E-state index contributed by atoms with van der Waals surface area (Å²) in [5.74, 6) is 0.614. The zero-order chi connectivity index (χ0) is 13.3. The summed E-state index contributed by atoms with van der Waals surface area (Å²) in [4.78, 5) is 8.70. The van der Waals surface area contributed by atoms with E-state index in [0.717, 1.165) is 43.7 Å². The van der Waals surface area contributed by atoms with Gasteiger partial charge in [-0.1, -0.05) is 0 Å². The molecule has 0 saturated carbocycles. The van der Waals surface area contributed by atoms with Crippen molar-refractivity contribution in [2.24, 2.45) is 0 Å². The van der Waals surface area contributed by atoms with Crippen molar-refractivity contribution in [1.82, 2.24) is 15.3 Å². The van der Waals surface area contributed by atoms with Crippen molar-refractivity contribution in [3.8, 4) is 5.88 Å². The maximum atomic E-state index is 6.01. The van der Waals surface area contributed by atoms with Gasteiger partial charge in [0.15, 0.2) is 0 Å². The summed E-state index contributed by atoms with van der Waals surface area (Å²) in [5, 5.41) is 3.37. The zero-order valence-electron chi connectivity index (χ0n) is 11.6. The third-order valence-electron chi connectivity index (χ3n) is 4.15. The molecular weight excluding hydrogens is 242 g/mol. The van der Waals surface area contributed by atoms with Crippen molar-refractivity contribution < 1.29 is 9.47 Å². The van der Waals surface area contributed by atoms with Crippen LogP contribution in [-0.4, -0.2) is 41.4 Å². The predicted molar refractivity (Wildman–Crippen MR) is 71.3 cm³/mol. The van der Waals surface area contributed by atoms with Gasteiger partial charge in [0.25, 0.3) is 0 Å². The van der Waals surface area contributed by atoms with Crippen molar-refractivity contribution in [2.45, 2.75) is 44.8 Å². The minimum absolute atomic E-state index is 0.0308. The number of hydrogen-bond acceptors (Lipinski definition) is 5. The standard InChI is InChI=1S/C14H21N3O2/c1-10-11(2)17-13(8-16-10)19-12-7-14(18-9-12)3-5-15-6-4-14/h8,12,15H,3-7,9H2,1-2H3. The van der Waals surface area contributed by atoms with Crippen LogP contribution in [0.4, 0.5) is 0 Å².